The van der Waals surface area contributed by atoms with Crippen molar-refractivity contribution in [2.75, 3.05) is 17.5 Å². The van der Waals surface area contributed by atoms with Crippen molar-refractivity contribution >= 4 is 51.5 Å². The van der Waals surface area contributed by atoms with Crippen molar-refractivity contribution in [2.24, 2.45) is 0 Å². The number of ether oxygens (including phenoxy) is 1. The summed E-state index contributed by atoms with van der Waals surface area (Å²) in [5.74, 6) is -2.60. The van der Waals surface area contributed by atoms with Gasteiger partial charge in [-0.15, -0.1) is 5.06 Å². The van der Waals surface area contributed by atoms with Gasteiger partial charge in [0.2, 0.25) is 5.91 Å². The summed E-state index contributed by atoms with van der Waals surface area (Å²) in [5.41, 5.74) is 0.282. The minimum atomic E-state index is -1.13. The van der Waals surface area contributed by atoms with Gasteiger partial charge in [-0.25, -0.2) is 9.37 Å². The normalized spacial score (nSPS) is 10.4. The molecule has 9 nitrogen and oxygen atoms in total. The number of rotatable bonds is 9. The molecule has 0 saturated heterocycles. The van der Waals surface area contributed by atoms with Crippen molar-refractivity contribution in [3.05, 3.63) is 64.4 Å². The first kappa shape index (κ1) is 24.0. The van der Waals surface area contributed by atoms with Crippen LogP contribution in [0.3, 0.4) is 0 Å². The van der Waals surface area contributed by atoms with Gasteiger partial charge in [-0.05, 0) is 36.4 Å². The fraction of sp³-hybridized carbons (Fsp3) is 0.143. The van der Waals surface area contributed by atoms with E-state index in [1.807, 2.05) is 0 Å². The first-order valence-electron chi connectivity index (χ1n) is 9.33. The van der Waals surface area contributed by atoms with E-state index in [9.17, 15) is 18.8 Å². The molecule has 1 aromatic heterocycles. The Balaban J connectivity index is 1.77. The predicted molar refractivity (Wildman–Crippen MR) is 119 cm³/mol. The first-order valence-corrected chi connectivity index (χ1v) is 10.5. The average molecular weight is 494 g/mol. The largest absolute Gasteiger partial charge is 0.493 e. The van der Waals surface area contributed by atoms with Crippen LogP contribution in [0.15, 0.2) is 48.5 Å². The number of hydroxylamine groups is 1. The predicted octanol–water partition coefficient (Wildman–Crippen LogP) is 3.93. The molecule has 0 bridgehead atoms. The molecular formula is C21H17ClFN3O6S. The number of thiazole rings is 1. The van der Waals surface area contributed by atoms with Crippen LogP contribution in [0.25, 0.3) is 0 Å². The maximum Gasteiger partial charge on any atom is 0.309 e. The minimum Gasteiger partial charge on any atom is -0.493 e. The number of halogens is 2. The Labute approximate surface area is 196 Å². The third-order valence-electron chi connectivity index (χ3n) is 4.07. The second kappa shape index (κ2) is 10.7. The molecule has 0 fully saturated rings. The van der Waals surface area contributed by atoms with E-state index >= 15 is 0 Å². The zero-order chi connectivity index (χ0) is 24.0. The lowest BCUT2D eigenvalue weighted by Gasteiger charge is -2.23. The van der Waals surface area contributed by atoms with Crippen molar-refractivity contribution in [1.82, 2.24) is 4.98 Å². The molecule has 3 rings (SSSR count). The number of nitrogens with one attached hydrogen (secondary N) is 1. The lowest BCUT2D eigenvalue weighted by Crippen LogP contribution is -2.36. The summed E-state index contributed by atoms with van der Waals surface area (Å²) in [5, 5.41) is 12.2. The highest BCUT2D eigenvalue weighted by atomic mass is 35.5. The van der Waals surface area contributed by atoms with Gasteiger partial charge in [0, 0.05) is 0 Å². The molecule has 1 heterocycles. The van der Waals surface area contributed by atoms with E-state index in [-0.39, 0.29) is 26.6 Å². The Morgan fingerprint density at radius 2 is 1.82 bits per heavy atom. The van der Waals surface area contributed by atoms with E-state index in [1.165, 1.54) is 19.2 Å². The van der Waals surface area contributed by atoms with Crippen molar-refractivity contribution in [2.45, 2.75) is 12.8 Å². The number of methoxy groups -OCH3 is 1. The van der Waals surface area contributed by atoms with Gasteiger partial charge >= 0.3 is 5.97 Å². The maximum absolute atomic E-state index is 13.4. The highest BCUT2D eigenvalue weighted by Crippen LogP contribution is 2.30. The van der Waals surface area contributed by atoms with Crippen molar-refractivity contribution < 1.29 is 33.5 Å². The number of aliphatic carboxylic acids is 1. The van der Waals surface area contributed by atoms with E-state index in [0.717, 1.165) is 28.5 Å². The molecule has 2 aromatic carbocycles. The number of carbonyl (C=O) groups is 3. The van der Waals surface area contributed by atoms with Gasteiger partial charge < -0.3 is 20.0 Å². The zero-order valence-corrected chi connectivity index (χ0v) is 18.7. The molecular weight excluding hydrogens is 477 g/mol. The molecule has 2 amide bonds. The van der Waals surface area contributed by atoms with Gasteiger partial charge in [0.25, 0.3) is 5.91 Å². The van der Waals surface area contributed by atoms with Crippen LogP contribution >= 0.6 is 22.9 Å². The number of hydrogen-bond donors (Lipinski definition) is 2. The zero-order valence-electron chi connectivity index (χ0n) is 17.1. The van der Waals surface area contributed by atoms with E-state index < -0.39 is 36.4 Å². The van der Waals surface area contributed by atoms with Crippen LogP contribution in [-0.4, -0.2) is 35.0 Å². The SMILES string of the molecule is COc1ccccc1ON(C(=O)CC(=O)Nc1nc(CC(=O)O)c(Cl)s1)c1ccc(F)cc1. The van der Waals surface area contributed by atoms with Crippen LogP contribution in [-0.2, 0) is 20.8 Å². The van der Waals surface area contributed by atoms with E-state index in [4.69, 9.17) is 26.3 Å². The lowest BCUT2D eigenvalue weighted by atomic mass is 10.3. The second-order valence-corrected chi connectivity index (χ2v) is 8.04. The number of hydrogen-bond acceptors (Lipinski definition) is 7. The Morgan fingerprint density at radius 1 is 1.15 bits per heavy atom. The third kappa shape index (κ3) is 6.40. The Kier molecular flexibility index (Phi) is 7.80. The topological polar surface area (TPSA) is 118 Å². The number of nitrogens with zero attached hydrogens (tertiary/aromatic N) is 2. The van der Waals surface area contributed by atoms with Crippen LogP contribution in [0.2, 0.25) is 4.34 Å². The van der Waals surface area contributed by atoms with Gasteiger partial charge in [-0.2, -0.15) is 0 Å². The molecule has 0 atom stereocenters. The standard InChI is InChI=1S/C21H17ClFN3O6S/c1-31-15-4-2-3-5-16(15)32-26(13-8-6-12(23)7-9-13)18(28)11-17(27)25-21-24-14(10-19(29)30)20(22)33-21/h2-9H,10-11H2,1H3,(H,29,30)(H,24,25,27). The number of anilines is 2. The van der Waals surface area contributed by atoms with E-state index in [1.54, 1.807) is 24.3 Å². The summed E-state index contributed by atoms with van der Waals surface area (Å²) in [4.78, 5) is 45.9. The maximum atomic E-state index is 13.4. The quantitative estimate of drug-likeness (QED) is 0.342. The van der Waals surface area contributed by atoms with Gasteiger partial charge in [-0.1, -0.05) is 35.1 Å². The van der Waals surface area contributed by atoms with Crippen LogP contribution in [0, 0.1) is 5.82 Å². The summed E-state index contributed by atoms with van der Waals surface area (Å²) in [6.07, 6.45) is -1.06. The van der Waals surface area contributed by atoms with Crippen LogP contribution in [0.4, 0.5) is 15.2 Å². The monoisotopic (exact) mass is 493 g/mol. The second-order valence-electron chi connectivity index (χ2n) is 6.44. The number of amides is 2. The number of para-hydroxylation sites is 2. The molecule has 0 aliphatic rings. The number of carboxylic acids is 1. The Hall–Kier alpha value is -3.70. The minimum absolute atomic E-state index is 0.0491. The average Bonchev–Trinajstić information content (AvgIpc) is 3.10. The van der Waals surface area contributed by atoms with Crippen LogP contribution < -0.4 is 20.0 Å². The molecule has 2 N–H and O–H groups in total. The van der Waals surface area contributed by atoms with Gasteiger partial charge in [0.15, 0.2) is 16.6 Å². The molecule has 0 aliphatic carbocycles. The van der Waals surface area contributed by atoms with Crippen molar-refractivity contribution in [3.8, 4) is 11.5 Å². The smallest absolute Gasteiger partial charge is 0.309 e. The van der Waals surface area contributed by atoms with Gasteiger partial charge in [-0.3, -0.25) is 14.4 Å². The molecule has 0 saturated carbocycles. The molecule has 0 aliphatic heterocycles. The highest BCUT2D eigenvalue weighted by molar-refractivity contribution is 7.19. The summed E-state index contributed by atoms with van der Waals surface area (Å²) in [6.45, 7) is 0. The molecule has 0 radical (unpaired) electrons. The number of benzene rings is 2. The van der Waals surface area contributed by atoms with Crippen molar-refractivity contribution in [1.29, 1.82) is 0 Å². The number of carboxylic acid groups (broad SMARTS) is 1. The third-order valence-corrected chi connectivity index (χ3v) is 5.32. The highest BCUT2D eigenvalue weighted by Gasteiger charge is 2.24. The molecule has 33 heavy (non-hydrogen) atoms. The van der Waals surface area contributed by atoms with Crippen LogP contribution in [0.5, 0.6) is 11.5 Å². The fourth-order valence-corrected chi connectivity index (χ4v) is 3.68. The lowest BCUT2D eigenvalue weighted by molar-refractivity contribution is -0.136. The molecule has 3 aromatic rings. The van der Waals surface area contributed by atoms with E-state index in [0.29, 0.717) is 5.75 Å². The van der Waals surface area contributed by atoms with Gasteiger partial charge in [0.05, 0.1) is 24.9 Å². The van der Waals surface area contributed by atoms with Gasteiger partial charge in [0.1, 0.15) is 16.6 Å². The first-order chi connectivity index (χ1) is 15.8. The summed E-state index contributed by atoms with van der Waals surface area (Å²) < 4.78 is 18.7. The number of aromatic nitrogens is 1. The summed E-state index contributed by atoms with van der Waals surface area (Å²) in [7, 11) is 1.43. The number of carbonyl (C=O) groups excluding carboxylic acids is 2. The summed E-state index contributed by atoms with van der Waals surface area (Å²) in [6, 6.07) is 11.5. The van der Waals surface area contributed by atoms with Crippen molar-refractivity contribution in [3.63, 3.8) is 0 Å². The fourth-order valence-electron chi connectivity index (χ4n) is 2.63. The van der Waals surface area contributed by atoms with Crippen LogP contribution in [0.1, 0.15) is 12.1 Å². The Bertz CT molecular complexity index is 1170. The molecule has 0 unspecified atom stereocenters. The molecule has 172 valence electrons. The Morgan fingerprint density at radius 3 is 2.45 bits per heavy atom. The van der Waals surface area contributed by atoms with E-state index in [2.05, 4.69) is 10.3 Å². The molecule has 12 heteroatoms. The summed E-state index contributed by atoms with van der Waals surface area (Å²) >= 11 is 6.81. The molecule has 0 spiro atoms.